The number of hydrogen-bond acceptors (Lipinski definition) is 8. The summed E-state index contributed by atoms with van der Waals surface area (Å²) in [5, 5.41) is 12.6. The third-order valence-electron chi connectivity index (χ3n) is 5.68. The molecular weight excluding hydrogens is 519 g/mol. The van der Waals surface area contributed by atoms with Gasteiger partial charge in [-0.25, -0.2) is 19.2 Å². The van der Waals surface area contributed by atoms with Gasteiger partial charge in [-0.3, -0.25) is 14.6 Å². The van der Waals surface area contributed by atoms with Crippen LogP contribution in [0.4, 0.5) is 20.7 Å². The average molecular weight is 553 g/mol. The second-order valence-electron chi connectivity index (χ2n) is 9.57. The molecular formula is C25H34ClFN6O5. The lowest BCUT2D eigenvalue weighted by atomic mass is 9.92. The van der Waals surface area contributed by atoms with Crippen molar-refractivity contribution in [2.24, 2.45) is 0 Å². The summed E-state index contributed by atoms with van der Waals surface area (Å²) in [6.07, 6.45) is 5.61. The smallest absolute Gasteiger partial charge is 0.410 e. The van der Waals surface area contributed by atoms with Crippen LogP contribution in [0.2, 0.25) is 5.15 Å². The molecule has 1 saturated heterocycles. The van der Waals surface area contributed by atoms with Crippen molar-refractivity contribution < 1.29 is 28.6 Å². The molecule has 1 fully saturated rings. The second kappa shape index (κ2) is 14.4. The lowest BCUT2D eigenvalue weighted by Crippen LogP contribution is -2.52. The normalized spacial score (nSPS) is 17.1. The first-order chi connectivity index (χ1) is 18.0. The van der Waals surface area contributed by atoms with Crippen molar-refractivity contribution in [3.63, 3.8) is 0 Å². The van der Waals surface area contributed by atoms with Crippen LogP contribution in [0.5, 0.6) is 0 Å². The van der Waals surface area contributed by atoms with Crippen molar-refractivity contribution in [1.29, 1.82) is 0 Å². The molecule has 0 spiro atoms. The number of aromatic nitrogens is 3. The molecule has 1 aliphatic heterocycles. The van der Waals surface area contributed by atoms with E-state index in [1.807, 2.05) is 27.7 Å². The van der Waals surface area contributed by atoms with E-state index in [2.05, 4.69) is 25.6 Å². The first-order valence-corrected chi connectivity index (χ1v) is 12.6. The minimum atomic E-state index is -0.637. The molecule has 2 aromatic heterocycles. The third kappa shape index (κ3) is 9.09. The highest BCUT2D eigenvalue weighted by molar-refractivity contribution is 6.33. The molecule has 208 valence electrons. The van der Waals surface area contributed by atoms with Gasteiger partial charge in [-0.15, -0.1) is 0 Å². The number of halogens is 2. The Balaban J connectivity index is 0.00000161. The lowest BCUT2D eigenvalue weighted by molar-refractivity contribution is -0.123. The molecule has 38 heavy (non-hydrogen) atoms. The molecule has 0 bridgehead atoms. The molecule has 3 rings (SSSR count). The van der Waals surface area contributed by atoms with Gasteiger partial charge in [-0.2, -0.15) is 0 Å². The molecule has 1 aliphatic rings. The Hall–Kier alpha value is -3.54. The lowest BCUT2D eigenvalue weighted by Gasteiger charge is -2.42. The molecule has 3 N–H and O–H groups in total. The molecule has 2 aromatic rings. The summed E-state index contributed by atoms with van der Waals surface area (Å²) < 4.78 is 19.6. The van der Waals surface area contributed by atoms with Gasteiger partial charge < -0.3 is 25.4 Å². The highest BCUT2D eigenvalue weighted by atomic mass is 35.5. The van der Waals surface area contributed by atoms with Crippen LogP contribution in [0.15, 0.2) is 24.7 Å². The Labute approximate surface area is 226 Å². The van der Waals surface area contributed by atoms with E-state index in [0.29, 0.717) is 6.42 Å². The summed E-state index contributed by atoms with van der Waals surface area (Å²) in [4.78, 5) is 48.2. The topological polar surface area (TPSA) is 147 Å². The van der Waals surface area contributed by atoms with Crippen LogP contribution in [0, 0.1) is 5.82 Å². The van der Waals surface area contributed by atoms with Crippen LogP contribution in [-0.4, -0.2) is 61.1 Å². The zero-order valence-corrected chi connectivity index (χ0v) is 22.7. The number of anilines is 2. The van der Waals surface area contributed by atoms with Crippen molar-refractivity contribution in [3.8, 4) is 0 Å². The zero-order valence-electron chi connectivity index (χ0n) is 21.9. The summed E-state index contributed by atoms with van der Waals surface area (Å²) in [5.41, 5.74) is -0.259. The van der Waals surface area contributed by atoms with Crippen LogP contribution < -0.4 is 10.6 Å². The number of nitrogens with zero attached hydrogens (tertiary/aromatic N) is 4. The van der Waals surface area contributed by atoms with Crippen molar-refractivity contribution in [2.75, 3.05) is 10.6 Å². The third-order valence-corrected chi connectivity index (χ3v) is 5.97. The van der Waals surface area contributed by atoms with E-state index in [0.717, 1.165) is 19.3 Å². The largest absolute Gasteiger partial charge is 0.483 e. The van der Waals surface area contributed by atoms with E-state index in [1.165, 1.54) is 24.7 Å². The van der Waals surface area contributed by atoms with E-state index < -0.39 is 17.5 Å². The summed E-state index contributed by atoms with van der Waals surface area (Å²) in [5.74, 6) is -0.567. The molecule has 0 radical (unpaired) electrons. The van der Waals surface area contributed by atoms with Gasteiger partial charge >= 0.3 is 6.09 Å². The first kappa shape index (κ1) is 30.7. The first-order valence-electron chi connectivity index (χ1n) is 12.2. The van der Waals surface area contributed by atoms with Gasteiger partial charge in [-0.05, 0) is 58.6 Å². The molecule has 11 nitrogen and oxygen atoms in total. The maximum absolute atomic E-state index is 13.9. The summed E-state index contributed by atoms with van der Waals surface area (Å²) in [6, 6.07) is 2.50. The Morgan fingerprint density at radius 2 is 1.95 bits per heavy atom. The fourth-order valence-corrected chi connectivity index (χ4v) is 4.29. The van der Waals surface area contributed by atoms with Crippen LogP contribution in [-0.2, 0) is 20.9 Å². The van der Waals surface area contributed by atoms with Gasteiger partial charge in [0.15, 0.2) is 11.0 Å². The SMILES string of the molecule is CCC1CCCC(CC(=O)Nc2c(Cl)ncnc2NCc2ncccc2F)N1C(=O)OC(C)(C)C.O=CO. The number of pyridine rings is 1. The molecule has 0 saturated carbocycles. The number of rotatable bonds is 7. The highest BCUT2D eigenvalue weighted by Gasteiger charge is 2.37. The van der Waals surface area contributed by atoms with Gasteiger partial charge in [0.2, 0.25) is 5.91 Å². The van der Waals surface area contributed by atoms with Gasteiger partial charge in [0.05, 0.1) is 12.2 Å². The van der Waals surface area contributed by atoms with Gasteiger partial charge in [0.1, 0.15) is 23.4 Å². The van der Waals surface area contributed by atoms with Crippen LogP contribution in [0.1, 0.15) is 65.5 Å². The number of hydrogen-bond donors (Lipinski definition) is 3. The zero-order chi connectivity index (χ0) is 28.3. The van der Waals surface area contributed by atoms with Crippen molar-refractivity contribution in [1.82, 2.24) is 19.9 Å². The van der Waals surface area contributed by atoms with Crippen LogP contribution in [0.25, 0.3) is 0 Å². The van der Waals surface area contributed by atoms with E-state index in [4.69, 9.17) is 26.2 Å². The standard InChI is InChI=1S/C24H32ClFN6O3.CH2O2/c1-5-15-8-6-9-16(32(15)23(34)35-24(2,3)4)12-19(33)31-20-21(25)29-14-30-22(20)28-13-18-17(26)10-7-11-27-18;2-1-3/h7,10-11,14-16H,5-6,8-9,12-13H2,1-4H3,(H,31,33)(H,28,29,30);1H,(H,2,3). The maximum atomic E-state index is 13.9. The second-order valence-corrected chi connectivity index (χ2v) is 9.92. The molecule has 3 heterocycles. The van der Waals surface area contributed by atoms with Crippen LogP contribution >= 0.6 is 11.6 Å². The summed E-state index contributed by atoms with van der Waals surface area (Å²) >= 11 is 6.25. The Morgan fingerprint density at radius 3 is 2.58 bits per heavy atom. The van der Waals surface area contributed by atoms with E-state index in [9.17, 15) is 14.0 Å². The predicted molar refractivity (Wildman–Crippen MR) is 140 cm³/mol. The predicted octanol–water partition coefficient (Wildman–Crippen LogP) is 4.87. The molecule has 13 heteroatoms. The number of piperidine rings is 1. The number of ether oxygens (including phenoxy) is 1. The van der Waals surface area contributed by atoms with Gasteiger partial charge in [-0.1, -0.05) is 18.5 Å². The molecule has 2 amide bonds. The van der Waals surface area contributed by atoms with Crippen LogP contribution in [0.3, 0.4) is 0 Å². The van der Waals surface area contributed by atoms with Crippen molar-refractivity contribution >= 4 is 41.6 Å². The fourth-order valence-electron chi connectivity index (χ4n) is 4.11. The quantitative estimate of drug-likeness (QED) is 0.323. The van der Waals surface area contributed by atoms with E-state index >= 15 is 0 Å². The number of amides is 2. The summed E-state index contributed by atoms with van der Waals surface area (Å²) in [6.45, 7) is 7.27. The molecule has 2 unspecified atom stereocenters. The minimum absolute atomic E-state index is 0.00513. The van der Waals surface area contributed by atoms with E-state index in [1.54, 1.807) is 4.90 Å². The Bertz CT molecular complexity index is 1100. The molecule has 0 aliphatic carbocycles. The van der Waals surface area contributed by atoms with Crippen molar-refractivity contribution in [3.05, 3.63) is 41.3 Å². The molecule has 0 aromatic carbocycles. The summed E-state index contributed by atoms with van der Waals surface area (Å²) in [7, 11) is 0. The van der Waals surface area contributed by atoms with Gasteiger partial charge in [0.25, 0.3) is 6.47 Å². The van der Waals surface area contributed by atoms with E-state index in [-0.39, 0.29) is 59.8 Å². The number of nitrogens with one attached hydrogen (secondary N) is 2. The number of carboxylic acid groups (broad SMARTS) is 1. The number of likely N-dealkylation sites (tertiary alicyclic amines) is 1. The monoisotopic (exact) mass is 552 g/mol. The Morgan fingerprint density at radius 1 is 1.26 bits per heavy atom. The average Bonchev–Trinajstić information content (AvgIpc) is 2.84. The minimum Gasteiger partial charge on any atom is -0.483 e. The molecule has 2 atom stereocenters. The fraction of sp³-hybridized carbons (Fsp3) is 0.520. The van der Waals surface area contributed by atoms with Gasteiger partial charge in [0, 0.05) is 24.7 Å². The maximum Gasteiger partial charge on any atom is 0.410 e. The highest BCUT2D eigenvalue weighted by Crippen LogP contribution is 2.31. The number of carbonyl (C=O) groups excluding carboxylic acids is 2. The Kier molecular flexibility index (Phi) is 11.6. The van der Waals surface area contributed by atoms with Crippen molar-refractivity contribution in [2.45, 2.75) is 84.0 Å². The number of carbonyl (C=O) groups is 3.